The van der Waals surface area contributed by atoms with Crippen LogP contribution in [0.15, 0.2) is 18.3 Å². The second kappa shape index (κ2) is 6.57. The zero-order valence-corrected chi connectivity index (χ0v) is 12.6. The van der Waals surface area contributed by atoms with Crippen LogP contribution in [0, 0.1) is 11.8 Å². The molecule has 3 heteroatoms. The van der Waals surface area contributed by atoms with Crippen molar-refractivity contribution in [2.45, 2.75) is 45.6 Å². The topological polar surface area (TPSA) is 28.2 Å². The van der Waals surface area contributed by atoms with Gasteiger partial charge in [-0.25, -0.2) is 4.98 Å². The van der Waals surface area contributed by atoms with E-state index in [1.807, 2.05) is 6.20 Å². The van der Waals surface area contributed by atoms with E-state index in [2.05, 4.69) is 34.3 Å². The molecule has 110 valence electrons. The van der Waals surface area contributed by atoms with Crippen LogP contribution in [0.2, 0.25) is 0 Å². The molecule has 2 heterocycles. The Hall–Kier alpha value is -1.09. The van der Waals surface area contributed by atoms with Crippen LogP contribution < -0.4 is 5.32 Å². The lowest BCUT2D eigenvalue weighted by molar-refractivity contribution is 0.0820. The van der Waals surface area contributed by atoms with Crippen molar-refractivity contribution in [2.75, 3.05) is 25.0 Å². The van der Waals surface area contributed by atoms with E-state index in [1.54, 1.807) is 0 Å². The van der Waals surface area contributed by atoms with Crippen molar-refractivity contribution in [3.63, 3.8) is 0 Å². The number of hydrogen-bond donors (Lipinski definition) is 1. The van der Waals surface area contributed by atoms with E-state index in [0.29, 0.717) is 0 Å². The van der Waals surface area contributed by atoms with Gasteiger partial charge in [0.15, 0.2) is 0 Å². The highest BCUT2D eigenvalue weighted by Gasteiger charge is 2.30. The number of aromatic nitrogens is 1. The Balaban J connectivity index is 1.59. The predicted octanol–water partition coefficient (Wildman–Crippen LogP) is 3.53. The summed E-state index contributed by atoms with van der Waals surface area (Å²) < 4.78 is 0. The van der Waals surface area contributed by atoms with Crippen LogP contribution in [0.25, 0.3) is 0 Å². The number of nitrogens with one attached hydrogen (secondary N) is 1. The van der Waals surface area contributed by atoms with Crippen molar-refractivity contribution in [3.8, 4) is 0 Å². The summed E-state index contributed by atoms with van der Waals surface area (Å²) in [4.78, 5) is 7.01. The van der Waals surface area contributed by atoms with E-state index < -0.39 is 0 Å². The maximum absolute atomic E-state index is 4.36. The van der Waals surface area contributed by atoms with Gasteiger partial charge in [0.1, 0.15) is 5.82 Å². The fraction of sp³-hybridized carbons (Fsp3) is 0.706. The lowest BCUT2D eigenvalue weighted by Gasteiger charge is -2.41. The van der Waals surface area contributed by atoms with Gasteiger partial charge in [0, 0.05) is 25.8 Å². The minimum atomic E-state index is 0.934. The van der Waals surface area contributed by atoms with Crippen molar-refractivity contribution in [1.29, 1.82) is 0 Å². The summed E-state index contributed by atoms with van der Waals surface area (Å²) in [5, 5.41) is 3.30. The third kappa shape index (κ3) is 3.32. The molecule has 2 unspecified atom stereocenters. The molecule has 0 spiro atoms. The normalized spacial score (nSPS) is 27.1. The summed E-state index contributed by atoms with van der Waals surface area (Å²) in [5.74, 6) is 3.00. The highest BCUT2D eigenvalue weighted by Crippen LogP contribution is 2.36. The van der Waals surface area contributed by atoms with Crippen LogP contribution in [0.3, 0.4) is 0 Å². The number of nitrogens with zero attached hydrogens (tertiary/aromatic N) is 2. The molecule has 0 radical (unpaired) electrons. The molecule has 2 atom stereocenters. The molecule has 3 nitrogen and oxygen atoms in total. The van der Waals surface area contributed by atoms with Crippen LogP contribution in [-0.4, -0.2) is 29.5 Å². The maximum atomic E-state index is 4.36. The molecule has 1 N–H and O–H groups in total. The summed E-state index contributed by atoms with van der Waals surface area (Å²) >= 11 is 0. The number of pyridine rings is 1. The summed E-state index contributed by atoms with van der Waals surface area (Å²) in [7, 11) is 0. The summed E-state index contributed by atoms with van der Waals surface area (Å²) in [6.07, 6.45) is 9.21. The van der Waals surface area contributed by atoms with E-state index in [9.17, 15) is 0 Å². The molecule has 1 saturated heterocycles. The Kier molecular flexibility index (Phi) is 4.56. The van der Waals surface area contributed by atoms with E-state index in [1.165, 1.54) is 50.8 Å². The average molecular weight is 273 g/mol. The molecule has 0 aromatic carbocycles. The van der Waals surface area contributed by atoms with Crippen LogP contribution in [0.5, 0.6) is 0 Å². The number of likely N-dealkylation sites (tertiary alicyclic amines) is 1. The molecule has 20 heavy (non-hydrogen) atoms. The second-order valence-corrected chi connectivity index (χ2v) is 6.41. The lowest BCUT2D eigenvalue weighted by Crippen LogP contribution is -2.41. The van der Waals surface area contributed by atoms with Gasteiger partial charge in [-0.2, -0.15) is 0 Å². The number of anilines is 1. The standard InChI is InChI=1S/C17H27N3/c1-2-18-17-11-14(7-9-19-17)12-20-10-8-15-5-3-4-6-16(15)13-20/h7,9,11,15-16H,2-6,8,10,12-13H2,1H3,(H,18,19). The molecular formula is C17H27N3. The molecule has 2 fully saturated rings. The Morgan fingerprint density at radius 2 is 2.10 bits per heavy atom. The van der Waals surface area contributed by atoms with E-state index in [-0.39, 0.29) is 0 Å². The zero-order valence-electron chi connectivity index (χ0n) is 12.6. The van der Waals surface area contributed by atoms with Gasteiger partial charge in [-0.3, -0.25) is 4.90 Å². The van der Waals surface area contributed by atoms with Crippen LogP contribution in [0.4, 0.5) is 5.82 Å². The molecule has 1 aliphatic heterocycles. The van der Waals surface area contributed by atoms with E-state index in [4.69, 9.17) is 0 Å². The molecular weight excluding hydrogens is 246 g/mol. The first-order valence-electron chi connectivity index (χ1n) is 8.26. The average Bonchev–Trinajstić information content (AvgIpc) is 2.48. The first-order chi connectivity index (χ1) is 9.85. The zero-order chi connectivity index (χ0) is 13.8. The minimum Gasteiger partial charge on any atom is -0.370 e. The van der Waals surface area contributed by atoms with Gasteiger partial charge in [0.25, 0.3) is 0 Å². The van der Waals surface area contributed by atoms with Gasteiger partial charge in [0.2, 0.25) is 0 Å². The van der Waals surface area contributed by atoms with Gasteiger partial charge in [0.05, 0.1) is 0 Å². The number of fused-ring (bicyclic) bond motifs is 1. The fourth-order valence-corrected chi connectivity index (χ4v) is 3.93. The summed E-state index contributed by atoms with van der Waals surface area (Å²) in [6, 6.07) is 4.37. The van der Waals surface area contributed by atoms with E-state index in [0.717, 1.165) is 30.7 Å². The SMILES string of the molecule is CCNc1cc(CN2CCC3CCCCC3C2)ccn1. The molecule has 2 aliphatic rings. The molecule has 1 saturated carbocycles. The Morgan fingerprint density at radius 1 is 1.25 bits per heavy atom. The second-order valence-electron chi connectivity index (χ2n) is 6.41. The first kappa shape index (κ1) is 13.9. The Labute approximate surface area is 122 Å². The van der Waals surface area contributed by atoms with Crippen molar-refractivity contribution in [1.82, 2.24) is 9.88 Å². The number of hydrogen-bond acceptors (Lipinski definition) is 3. The monoisotopic (exact) mass is 273 g/mol. The van der Waals surface area contributed by atoms with Crippen molar-refractivity contribution >= 4 is 5.82 Å². The summed E-state index contributed by atoms with van der Waals surface area (Å²) in [5.41, 5.74) is 1.39. The van der Waals surface area contributed by atoms with Gasteiger partial charge in [-0.1, -0.05) is 19.3 Å². The predicted molar refractivity (Wildman–Crippen MR) is 83.7 cm³/mol. The third-order valence-corrected chi connectivity index (χ3v) is 4.96. The maximum Gasteiger partial charge on any atom is 0.126 e. The van der Waals surface area contributed by atoms with Crippen LogP contribution in [0.1, 0.15) is 44.6 Å². The number of piperidine rings is 1. The summed E-state index contributed by atoms with van der Waals surface area (Å²) in [6.45, 7) is 6.72. The Morgan fingerprint density at radius 3 is 2.95 bits per heavy atom. The number of rotatable bonds is 4. The molecule has 1 aromatic rings. The van der Waals surface area contributed by atoms with Crippen molar-refractivity contribution in [3.05, 3.63) is 23.9 Å². The van der Waals surface area contributed by atoms with Gasteiger partial charge in [-0.05, 0) is 55.8 Å². The smallest absolute Gasteiger partial charge is 0.126 e. The van der Waals surface area contributed by atoms with Gasteiger partial charge in [-0.15, -0.1) is 0 Å². The molecule has 0 bridgehead atoms. The van der Waals surface area contributed by atoms with Crippen LogP contribution in [-0.2, 0) is 6.54 Å². The molecule has 0 amide bonds. The van der Waals surface area contributed by atoms with Crippen molar-refractivity contribution in [2.24, 2.45) is 11.8 Å². The molecule has 1 aliphatic carbocycles. The Bertz CT molecular complexity index is 432. The quantitative estimate of drug-likeness (QED) is 0.909. The first-order valence-corrected chi connectivity index (χ1v) is 8.26. The lowest BCUT2D eigenvalue weighted by atomic mass is 9.75. The molecule has 3 rings (SSSR count). The minimum absolute atomic E-state index is 0.934. The van der Waals surface area contributed by atoms with Gasteiger partial charge < -0.3 is 5.32 Å². The van der Waals surface area contributed by atoms with Gasteiger partial charge >= 0.3 is 0 Å². The molecule has 1 aromatic heterocycles. The van der Waals surface area contributed by atoms with E-state index >= 15 is 0 Å². The van der Waals surface area contributed by atoms with Crippen molar-refractivity contribution < 1.29 is 0 Å². The van der Waals surface area contributed by atoms with Crippen LogP contribution >= 0.6 is 0 Å². The fourth-order valence-electron chi connectivity index (χ4n) is 3.93. The highest BCUT2D eigenvalue weighted by molar-refractivity contribution is 5.37. The highest BCUT2D eigenvalue weighted by atomic mass is 15.1. The third-order valence-electron chi connectivity index (χ3n) is 4.96. The largest absolute Gasteiger partial charge is 0.370 e.